The first-order chi connectivity index (χ1) is 15.1. The lowest BCUT2D eigenvalue weighted by atomic mass is 10.2. The summed E-state index contributed by atoms with van der Waals surface area (Å²) in [7, 11) is 1.56. The second-order valence-electron chi connectivity index (χ2n) is 6.76. The van der Waals surface area contributed by atoms with E-state index in [2.05, 4.69) is 20.3 Å². The molecule has 1 aromatic carbocycles. The van der Waals surface area contributed by atoms with Crippen LogP contribution >= 0.6 is 11.3 Å². The van der Waals surface area contributed by atoms with Gasteiger partial charge in [0.25, 0.3) is 11.5 Å². The highest BCUT2D eigenvalue weighted by molar-refractivity contribution is 7.20. The number of anilines is 1. The average Bonchev–Trinajstić information content (AvgIpc) is 3.22. The Hall–Kier alpha value is -3.18. The highest BCUT2D eigenvalue weighted by atomic mass is 32.1. The van der Waals surface area contributed by atoms with Crippen molar-refractivity contribution < 1.29 is 19.0 Å². The number of amides is 1. The molecule has 11 heteroatoms. The summed E-state index contributed by atoms with van der Waals surface area (Å²) in [6, 6.07) is 6.65. The van der Waals surface area contributed by atoms with Crippen molar-refractivity contribution in [3.63, 3.8) is 0 Å². The van der Waals surface area contributed by atoms with E-state index in [1.807, 2.05) is 13.0 Å². The first-order valence-electron chi connectivity index (χ1n) is 9.90. The van der Waals surface area contributed by atoms with Crippen LogP contribution in [0.4, 0.5) is 5.13 Å². The normalized spacial score (nSPS) is 13.9. The van der Waals surface area contributed by atoms with Gasteiger partial charge in [0, 0.05) is 25.7 Å². The van der Waals surface area contributed by atoms with E-state index in [1.54, 1.807) is 19.2 Å². The summed E-state index contributed by atoms with van der Waals surface area (Å²) in [5, 5.41) is 8.05. The molecule has 1 amide bonds. The van der Waals surface area contributed by atoms with Crippen molar-refractivity contribution in [1.82, 2.24) is 19.9 Å². The Morgan fingerprint density at radius 2 is 2.06 bits per heavy atom. The number of methoxy groups -OCH3 is 1. The summed E-state index contributed by atoms with van der Waals surface area (Å²) in [6.45, 7) is 5.30. The number of ether oxygens (including phenoxy) is 3. The van der Waals surface area contributed by atoms with Crippen LogP contribution in [-0.4, -0.2) is 60.5 Å². The van der Waals surface area contributed by atoms with Crippen LogP contribution in [0.5, 0.6) is 11.5 Å². The quantitative estimate of drug-likeness (QED) is 0.580. The number of benzene rings is 1. The van der Waals surface area contributed by atoms with Crippen molar-refractivity contribution in [2.24, 2.45) is 0 Å². The molecule has 164 valence electrons. The zero-order valence-electron chi connectivity index (χ0n) is 17.3. The van der Waals surface area contributed by atoms with E-state index in [0.29, 0.717) is 54.5 Å². The number of fused-ring (bicyclic) bond motifs is 1. The van der Waals surface area contributed by atoms with E-state index in [4.69, 9.17) is 14.2 Å². The molecule has 0 bridgehead atoms. The third kappa shape index (κ3) is 4.62. The molecule has 0 radical (unpaired) electrons. The minimum atomic E-state index is -0.481. The molecule has 2 aromatic heterocycles. The van der Waals surface area contributed by atoms with Crippen molar-refractivity contribution in [2.45, 2.75) is 13.5 Å². The van der Waals surface area contributed by atoms with Gasteiger partial charge in [0.15, 0.2) is 11.5 Å². The van der Waals surface area contributed by atoms with Gasteiger partial charge in [0.05, 0.1) is 26.9 Å². The van der Waals surface area contributed by atoms with Gasteiger partial charge in [-0.2, -0.15) is 9.50 Å². The molecule has 3 aromatic rings. The van der Waals surface area contributed by atoms with Gasteiger partial charge in [-0.1, -0.05) is 17.4 Å². The molecular weight excluding hydrogens is 422 g/mol. The van der Waals surface area contributed by atoms with Gasteiger partial charge in [0.2, 0.25) is 10.1 Å². The minimum absolute atomic E-state index is 0.142. The van der Waals surface area contributed by atoms with Crippen LogP contribution < -0.4 is 25.2 Å². The molecule has 1 fully saturated rings. The van der Waals surface area contributed by atoms with Crippen LogP contribution in [-0.2, 0) is 11.3 Å². The summed E-state index contributed by atoms with van der Waals surface area (Å²) in [4.78, 5) is 31.4. The second-order valence-corrected chi connectivity index (χ2v) is 7.69. The monoisotopic (exact) mass is 445 g/mol. The zero-order valence-corrected chi connectivity index (χ0v) is 18.1. The van der Waals surface area contributed by atoms with Crippen LogP contribution in [0.2, 0.25) is 0 Å². The number of carbonyl (C=O) groups excluding carboxylic acids is 1. The highest BCUT2D eigenvalue weighted by Crippen LogP contribution is 2.28. The lowest BCUT2D eigenvalue weighted by Crippen LogP contribution is -2.36. The number of hydrogen-bond acceptors (Lipinski definition) is 9. The molecule has 0 atom stereocenters. The molecule has 31 heavy (non-hydrogen) atoms. The molecule has 1 saturated heterocycles. The molecule has 1 N–H and O–H groups in total. The Morgan fingerprint density at radius 3 is 2.81 bits per heavy atom. The summed E-state index contributed by atoms with van der Waals surface area (Å²) in [6.07, 6.45) is 0. The summed E-state index contributed by atoms with van der Waals surface area (Å²) >= 11 is 1.28. The van der Waals surface area contributed by atoms with E-state index in [-0.39, 0.29) is 12.2 Å². The van der Waals surface area contributed by atoms with Gasteiger partial charge in [-0.3, -0.25) is 9.59 Å². The highest BCUT2D eigenvalue weighted by Gasteiger charge is 2.20. The number of hydrogen-bond donors (Lipinski definition) is 1. The van der Waals surface area contributed by atoms with Gasteiger partial charge in [0.1, 0.15) is 5.69 Å². The van der Waals surface area contributed by atoms with Crippen molar-refractivity contribution >= 4 is 27.3 Å². The maximum absolute atomic E-state index is 12.9. The Labute approximate surface area is 182 Å². The molecule has 1 aliphatic rings. The Kier molecular flexibility index (Phi) is 6.33. The SMILES string of the molecule is CCOc1ccc(CNC(=O)c2cc(=O)nc3sc(N4CCOCC4)nn23)cc1OC. The smallest absolute Gasteiger partial charge is 0.274 e. The minimum Gasteiger partial charge on any atom is -0.493 e. The molecule has 0 saturated carbocycles. The van der Waals surface area contributed by atoms with E-state index in [1.165, 1.54) is 21.9 Å². The number of morpholine rings is 1. The van der Waals surface area contributed by atoms with Gasteiger partial charge < -0.3 is 24.4 Å². The largest absolute Gasteiger partial charge is 0.493 e. The lowest BCUT2D eigenvalue weighted by molar-refractivity contribution is 0.0943. The summed E-state index contributed by atoms with van der Waals surface area (Å²) in [5.41, 5.74) is 0.493. The fourth-order valence-corrected chi connectivity index (χ4v) is 4.18. The van der Waals surface area contributed by atoms with Gasteiger partial charge in [-0.05, 0) is 24.6 Å². The standard InChI is InChI=1S/C20H23N5O5S/c1-3-30-15-5-4-13(10-16(15)28-2)12-21-18(27)14-11-17(26)22-19-25(14)23-20(31-19)24-6-8-29-9-7-24/h4-5,10-11H,3,6-9,12H2,1-2H3,(H,21,27). The van der Waals surface area contributed by atoms with E-state index < -0.39 is 11.5 Å². The van der Waals surface area contributed by atoms with Crippen LogP contribution in [0.15, 0.2) is 29.1 Å². The van der Waals surface area contributed by atoms with Crippen LogP contribution in [0.1, 0.15) is 23.0 Å². The zero-order chi connectivity index (χ0) is 21.8. The Bertz CT molecular complexity index is 1140. The van der Waals surface area contributed by atoms with Crippen molar-refractivity contribution in [3.05, 3.63) is 45.9 Å². The van der Waals surface area contributed by atoms with E-state index in [0.717, 1.165) is 5.56 Å². The van der Waals surface area contributed by atoms with Crippen molar-refractivity contribution in [2.75, 3.05) is 44.9 Å². The second kappa shape index (κ2) is 9.31. The number of nitrogens with zero attached hydrogens (tertiary/aromatic N) is 4. The number of rotatable bonds is 7. The van der Waals surface area contributed by atoms with E-state index in [9.17, 15) is 9.59 Å². The molecule has 1 aliphatic heterocycles. The fraction of sp³-hybridized carbons (Fsp3) is 0.400. The lowest BCUT2D eigenvalue weighted by Gasteiger charge is -2.25. The van der Waals surface area contributed by atoms with Gasteiger partial charge >= 0.3 is 0 Å². The van der Waals surface area contributed by atoms with Crippen LogP contribution in [0.3, 0.4) is 0 Å². The topological polar surface area (TPSA) is 107 Å². The predicted octanol–water partition coefficient (Wildman–Crippen LogP) is 1.32. The number of nitrogens with one attached hydrogen (secondary N) is 1. The molecular formula is C20H23N5O5S. The van der Waals surface area contributed by atoms with Gasteiger partial charge in [-0.15, -0.1) is 5.10 Å². The maximum Gasteiger partial charge on any atom is 0.274 e. The van der Waals surface area contributed by atoms with Crippen molar-refractivity contribution in [1.29, 1.82) is 0 Å². The van der Waals surface area contributed by atoms with Crippen LogP contribution in [0, 0.1) is 0 Å². The third-order valence-electron chi connectivity index (χ3n) is 4.74. The van der Waals surface area contributed by atoms with E-state index >= 15 is 0 Å². The first kappa shape index (κ1) is 21.1. The van der Waals surface area contributed by atoms with Crippen molar-refractivity contribution in [3.8, 4) is 11.5 Å². The number of aromatic nitrogens is 3. The molecule has 0 spiro atoms. The van der Waals surface area contributed by atoms with Gasteiger partial charge in [-0.25, -0.2) is 0 Å². The molecule has 3 heterocycles. The Balaban J connectivity index is 1.54. The Morgan fingerprint density at radius 1 is 1.26 bits per heavy atom. The molecule has 4 rings (SSSR count). The first-order valence-corrected chi connectivity index (χ1v) is 10.7. The number of carbonyl (C=O) groups is 1. The fourth-order valence-electron chi connectivity index (χ4n) is 3.22. The predicted molar refractivity (Wildman–Crippen MR) is 115 cm³/mol. The third-order valence-corrected chi connectivity index (χ3v) is 5.71. The van der Waals surface area contributed by atoms with Crippen LogP contribution in [0.25, 0.3) is 4.96 Å². The molecule has 0 unspecified atom stereocenters. The summed E-state index contributed by atoms with van der Waals surface area (Å²) < 4.78 is 17.7. The maximum atomic E-state index is 12.9. The average molecular weight is 446 g/mol. The molecule has 0 aliphatic carbocycles. The molecule has 10 nitrogen and oxygen atoms in total. The summed E-state index contributed by atoms with van der Waals surface area (Å²) in [5.74, 6) is 0.813.